The highest BCUT2D eigenvalue weighted by atomic mass is 32.2. The third-order valence-corrected chi connectivity index (χ3v) is 6.73. The summed E-state index contributed by atoms with van der Waals surface area (Å²) in [5.74, 6) is 0.818. The lowest BCUT2D eigenvalue weighted by molar-refractivity contribution is 0.253. The predicted molar refractivity (Wildman–Crippen MR) is 86.1 cm³/mol. The SMILES string of the molecule is CCC(NS(=O)(=O)N1CCCC(CN)C1)C1CCCCC1. The highest BCUT2D eigenvalue weighted by Gasteiger charge is 2.32. The molecule has 0 spiro atoms. The highest BCUT2D eigenvalue weighted by molar-refractivity contribution is 7.87. The van der Waals surface area contributed by atoms with Crippen LogP contribution in [0.5, 0.6) is 0 Å². The molecule has 2 unspecified atom stereocenters. The summed E-state index contributed by atoms with van der Waals surface area (Å²) in [6, 6.07) is 0.0913. The van der Waals surface area contributed by atoms with Gasteiger partial charge < -0.3 is 5.73 Å². The first kappa shape index (κ1) is 17.2. The van der Waals surface area contributed by atoms with Crippen LogP contribution in [-0.4, -0.2) is 38.4 Å². The fourth-order valence-electron chi connectivity index (χ4n) is 3.75. The molecule has 1 saturated heterocycles. The van der Waals surface area contributed by atoms with Gasteiger partial charge in [0.05, 0.1) is 0 Å². The lowest BCUT2D eigenvalue weighted by Crippen LogP contribution is -2.51. The van der Waals surface area contributed by atoms with Crippen molar-refractivity contribution >= 4 is 10.2 Å². The smallest absolute Gasteiger partial charge is 0.279 e. The zero-order valence-corrected chi connectivity index (χ0v) is 14.1. The van der Waals surface area contributed by atoms with Gasteiger partial charge in [-0.3, -0.25) is 0 Å². The maximum Gasteiger partial charge on any atom is 0.279 e. The molecule has 2 atom stereocenters. The minimum Gasteiger partial charge on any atom is -0.330 e. The van der Waals surface area contributed by atoms with Crippen LogP contribution in [0.25, 0.3) is 0 Å². The summed E-state index contributed by atoms with van der Waals surface area (Å²) in [5.41, 5.74) is 5.71. The van der Waals surface area contributed by atoms with Gasteiger partial charge in [-0.15, -0.1) is 0 Å². The van der Waals surface area contributed by atoms with Gasteiger partial charge in [-0.1, -0.05) is 26.2 Å². The monoisotopic (exact) mass is 317 g/mol. The maximum absolute atomic E-state index is 12.6. The minimum absolute atomic E-state index is 0.0913. The summed E-state index contributed by atoms with van der Waals surface area (Å²) < 4.78 is 29.9. The van der Waals surface area contributed by atoms with E-state index in [2.05, 4.69) is 11.6 Å². The van der Waals surface area contributed by atoms with Crippen molar-refractivity contribution in [3.63, 3.8) is 0 Å². The highest BCUT2D eigenvalue weighted by Crippen LogP contribution is 2.28. The summed E-state index contributed by atoms with van der Waals surface area (Å²) >= 11 is 0. The molecule has 2 rings (SSSR count). The largest absolute Gasteiger partial charge is 0.330 e. The number of nitrogens with zero attached hydrogens (tertiary/aromatic N) is 1. The van der Waals surface area contributed by atoms with Crippen LogP contribution in [-0.2, 0) is 10.2 Å². The van der Waals surface area contributed by atoms with Crippen molar-refractivity contribution in [1.29, 1.82) is 0 Å². The minimum atomic E-state index is -3.36. The van der Waals surface area contributed by atoms with E-state index in [0.29, 0.717) is 31.5 Å². The average molecular weight is 317 g/mol. The first-order valence-electron chi connectivity index (χ1n) is 8.54. The fourth-order valence-corrected chi connectivity index (χ4v) is 5.42. The molecule has 1 aliphatic heterocycles. The van der Waals surface area contributed by atoms with Crippen molar-refractivity contribution in [3.8, 4) is 0 Å². The molecule has 5 nitrogen and oxygen atoms in total. The Morgan fingerprint density at radius 3 is 2.52 bits per heavy atom. The number of nitrogens with one attached hydrogen (secondary N) is 1. The maximum atomic E-state index is 12.6. The van der Waals surface area contributed by atoms with Crippen molar-refractivity contribution in [1.82, 2.24) is 9.03 Å². The van der Waals surface area contributed by atoms with Crippen LogP contribution in [0.4, 0.5) is 0 Å². The van der Waals surface area contributed by atoms with E-state index >= 15 is 0 Å². The van der Waals surface area contributed by atoms with Crippen molar-refractivity contribution in [2.75, 3.05) is 19.6 Å². The second-order valence-electron chi connectivity index (χ2n) is 6.64. The van der Waals surface area contributed by atoms with Gasteiger partial charge in [0, 0.05) is 19.1 Å². The molecule has 2 fully saturated rings. The molecule has 0 aromatic carbocycles. The van der Waals surface area contributed by atoms with Crippen molar-refractivity contribution < 1.29 is 8.42 Å². The second-order valence-corrected chi connectivity index (χ2v) is 8.34. The summed E-state index contributed by atoms with van der Waals surface area (Å²) in [6.45, 7) is 3.87. The van der Waals surface area contributed by atoms with Gasteiger partial charge in [0.2, 0.25) is 0 Å². The number of hydrogen-bond donors (Lipinski definition) is 2. The molecular weight excluding hydrogens is 286 g/mol. The summed E-state index contributed by atoms with van der Waals surface area (Å²) in [5, 5.41) is 0. The zero-order valence-electron chi connectivity index (χ0n) is 13.3. The molecule has 0 aromatic rings. The van der Waals surface area contributed by atoms with Crippen LogP contribution >= 0.6 is 0 Å². The van der Waals surface area contributed by atoms with E-state index in [-0.39, 0.29) is 6.04 Å². The zero-order chi connectivity index (χ0) is 15.3. The molecule has 1 heterocycles. The van der Waals surface area contributed by atoms with Gasteiger partial charge in [-0.05, 0) is 50.5 Å². The predicted octanol–water partition coefficient (Wildman–Crippen LogP) is 1.85. The number of hydrogen-bond acceptors (Lipinski definition) is 3. The Morgan fingerprint density at radius 2 is 1.90 bits per heavy atom. The molecule has 124 valence electrons. The van der Waals surface area contributed by atoms with Crippen LogP contribution < -0.4 is 10.5 Å². The van der Waals surface area contributed by atoms with E-state index in [0.717, 1.165) is 32.1 Å². The first-order valence-corrected chi connectivity index (χ1v) is 9.98. The summed E-state index contributed by atoms with van der Waals surface area (Å²) in [7, 11) is -3.36. The van der Waals surface area contributed by atoms with Crippen LogP contribution in [0, 0.1) is 11.8 Å². The molecule has 0 radical (unpaired) electrons. The standard InChI is InChI=1S/C15H31N3O2S/c1-2-15(14-8-4-3-5-9-14)17-21(19,20)18-10-6-7-13(11-16)12-18/h13-15,17H,2-12,16H2,1H3. The molecule has 3 N–H and O–H groups in total. The van der Waals surface area contributed by atoms with Gasteiger partial charge >= 0.3 is 0 Å². The van der Waals surface area contributed by atoms with Crippen LogP contribution in [0.3, 0.4) is 0 Å². The molecule has 0 amide bonds. The quantitative estimate of drug-likeness (QED) is 0.785. The van der Waals surface area contributed by atoms with Crippen molar-refractivity contribution in [3.05, 3.63) is 0 Å². The van der Waals surface area contributed by atoms with Gasteiger partial charge in [-0.2, -0.15) is 17.4 Å². The summed E-state index contributed by atoms with van der Waals surface area (Å²) in [6.07, 6.45) is 8.93. The molecule has 2 aliphatic rings. The van der Waals surface area contributed by atoms with Gasteiger partial charge in [0.15, 0.2) is 0 Å². The molecule has 21 heavy (non-hydrogen) atoms. The van der Waals surface area contributed by atoms with Gasteiger partial charge in [-0.25, -0.2) is 0 Å². The second kappa shape index (κ2) is 7.90. The van der Waals surface area contributed by atoms with E-state index in [9.17, 15) is 8.42 Å². The lowest BCUT2D eigenvalue weighted by Gasteiger charge is -2.35. The van der Waals surface area contributed by atoms with E-state index in [1.54, 1.807) is 4.31 Å². The first-order chi connectivity index (χ1) is 10.1. The topological polar surface area (TPSA) is 75.4 Å². The Hall–Kier alpha value is -0.170. The molecule has 0 aromatic heterocycles. The molecule has 1 aliphatic carbocycles. The molecule has 0 bridgehead atoms. The Labute approximate surface area is 129 Å². The molecule has 1 saturated carbocycles. The van der Waals surface area contributed by atoms with Gasteiger partial charge in [0.25, 0.3) is 10.2 Å². The Bertz CT molecular complexity index is 407. The van der Waals surface area contributed by atoms with E-state index in [1.807, 2.05) is 0 Å². The average Bonchev–Trinajstić information content (AvgIpc) is 2.53. The van der Waals surface area contributed by atoms with Crippen LogP contribution in [0.15, 0.2) is 0 Å². The summed E-state index contributed by atoms with van der Waals surface area (Å²) in [4.78, 5) is 0. The van der Waals surface area contributed by atoms with E-state index in [4.69, 9.17) is 5.73 Å². The Kier molecular flexibility index (Phi) is 6.47. The number of rotatable bonds is 6. The van der Waals surface area contributed by atoms with Gasteiger partial charge in [0.1, 0.15) is 0 Å². The number of piperidine rings is 1. The van der Waals surface area contributed by atoms with E-state index in [1.165, 1.54) is 19.3 Å². The normalized spacial score (nSPS) is 27.6. The third-order valence-electron chi connectivity index (χ3n) is 5.11. The fraction of sp³-hybridized carbons (Fsp3) is 1.00. The Morgan fingerprint density at radius 1 is 1.19 bits per heavy atom. The van der Waals surface area contributed by atoms with Crippen LogP contribution in [0.1, 0.15) is 58.3 Å². The Balaban J connectivity index is 1.97. The van der Waals surface area contributed by atoms with Crippen LogP contribution in [0.2, 0.25) is 0 Å². The lowest BCUT2D eigenvalue weighted by atomic mass is 9.83. The van der Waals surface area contributed by atoms with Crippen molar-refractivity contribution in [2.45, 2.75) is 64.3 Å². The van der Waals surface area contributed by atoms with E-state index < -0.39 is 10.2 Å². The third kappa shape index (κ3) is 4.65. The molecular formula is C15H31N3O2S. The van der Waals surface area contributed by atoms with Crippen molar-refractivity contribution in [2.24, 2.45) is 17.6 Å². The number of nitrogens with two attached hydrogens (primary N) is 1. The molecule has 6 heteroatoms.